The zero-order chi connectivity index (χ0) is 10.9. The van der Waals surface area contributed by atoms with E-state index in [0.29, 0.717) is 0 Å². The second-order valence-corrected chi connectivity index (χ2v) is 5.97. The summed E-state index contributed by atoms with van der Waals surface area (Å²) in [5.74, 6) is 5.64. The summed E-state index contributed by atoms with van der Waals surface area (Å²) in [6.45, 7) is 14.6. The molecule has 0 saturated heterocycles. The van der Waals surface area contributed by atoms with Crippen LogP contribution in [-0.4, -0.2) is 0 Å². The van der Waals surface area contributed by atoms with Gasteiger partial charge in [0.1, 0.15) is 0 Å². The molecule has 0 aromatic carbocycles. The number of hydrogen-bond acceptors (Lipinski definition) is 0. The summed E-state index contributed by atoms with van der Waals surface area (Å²) < 4.78 is 0. The molecule has 84 valence electrons. The Kier molecular flexibility index (Phi) is 4.04. The molecule has 1 rings (SSSR count). The molecule has 0 radical (unpaired) electrons. The Morgan fingerprint density at radius 2 is 1.50 bits per heavy atom. The molecule has 1 aliphatic rings. The van der Waals surface area contributed by atoms with Crippen molar-refractivity contribution < 1.29 is 0 Å². The molecule has 0 N–H and O–H groups in total. The van der Waals surface area contributed by atoms with Crippen LogP contribution in [0, 0.1) is 35.5 Å². The van der Waals surface area contributed by atoms with Crippen molar-refractivity contribution in [2.24, 2.45) is 35.5 Å². The second-order valence-electron chi connectivity index (χ2n) is 5.97. The highest BCUT2D eigenvalue weighted by atomic mass is 14.5. The average molecular weight is 196 g/mol. The van der Waals surface area contributed by atoms with Gasteiger partial charge in [0.25, 0.3) is 0 Å². The maximum absolute atomic E-state index is 2.47. The Labute approximate surface area is 90.5 Å². The molecule has 5 unspecified atom stereocenters. The lowest BCUT2D eigenvalue weighted by Crippen LogP contribution is -2.26. The fourth-order valence-electron chi connectivity index (χ4n) is 3.97. The summed E-state index contributed by atoms with van der Waals surface area (Å²) in [4.78, 5) is 0. The highest BCUT2D eigenvalue weighted by Gasteiger charge is 2.41. The van der Waals surface area contributed by atoms with Crippen LogP contribution in [0.5, 0.6) is 0 Å². The quantitative estimate of drug-likeness (QED) is 0.619. The first-order valence-electron chi connectivity index (χ1n) is 6.49. The number of rotatable bonds is 3. The molecule has 1 fully saturated rings. The summed E-state index contributed by atoms with van der Waals surface area (Å²) in [6, 6.07) is 0. The maximum Gasteiger partial charge on any atom is -0.0329 e. The van der Waals surface area contributed by atoms with Gasteiger partial charge in [-0.2, -0.15) is 0 Å². The van der Waals surface area contributed by atoms with E-state index in [1.165, 1.54) is 12.8 Å². The van der Waals surface area contributed by atoms with Crippen molar-refractivity contribution >= 4 is 0 Å². The summed E-state index contributed by atoms with van der Waals surface area (Å²) in [6.07, 6.45) is 2.81. The largest absolute Gasteiger partial charge is 0.0651 e. The van der Waals surface area contributed by atoms with E-state index in [1.54, 1.807) is 0 Å². The predicted octanol–water partition coefficient (Wildman–Crippen LogP) is 4.60. The van der Waals surface area contributed by atoms with Crippen molar-refractivity contribution in [2.45, 2.75) is 54.4 Å². The van der Waals surface area contributed by atoms with Gasteiger partial charge in [0, 0.05) is 0 Å². The smallest absolute Gasteiger partial charge is 0.0329 e. The fraction of sp³-hybridized carbons (Fsp3) is 1.00. The molecule has 14 heavy (non-hydrogen) atoms. The zero-order valence-corrected chi connectivity index (χ0v) is 10.9. The van der Waals surface area contributed by atoms with E-state index >= 15 is 0 Å². The molecule has 0 nitrogen and oxygen atoms in total. The van der Waals surface area contributed by atoms with E-state index in [2.05, 4.69) is 41.5 Å². The molecule has 0 aliphatic heterocycles. The normalized spacial score (nSPS) is 40.5. The third-order valence-electron chi connectivity index (χ3n) is 4.57. The van der Waals surface area contributed by atoms with Gasteiger partial charge >= 0.3 is 0 Å². The fourth-order valence-corrected chi connectivity index (χ4v) is 3.97. The van der Waals surface area contributed by atoms with E-state index in [4.69, 9.17) is 0 Å². The maximum atomic E-state index is 2.47. The van der Waals surface area contributed by atoms with Gasteiger partial charge in [0.2, 0.25) is 0 Å². The molecule has 1 aliphatic carbocycles. The molecule has 0 amide bonds. The van der Waals surface area contributed by atoms with Crippen LogP contribution in [0.25, 0.3) is 0 Å². The molecule has 0 aromatic heterocycles. The van der Waals surface area contributed by atoms with Crippen LogP contribution in [0.15, 0.2) is 0 Å². The van der Waals surface area contributed by atoms with Crippen LogP contribution in [0.4, 0.5) is 0 Å². The van der Waals surface area contributed by atoms with Crippen LogP contribution in [0.3, 0.4) is 0 Å². The summed E-state index contributed by atoms with van der Waals surface area (Å²) in [5.41, 5.74) is 0. The third kappa shape index (κ3) is 2.15. The standard InChI is InChI=1S/C14H28/c1-7-10(4)14-12(6)8-11(5)13(14)9(2)3/h9-14H,7-8H2,1-6H3. The van der Waals surface area contributed by atoms with Crippen molar-refractivity contribution in [3.05, 3.63) is 0 Å². The van der Waals surface area contributed by atoms with Gasteiger partial charge in [-0.05, 0) is 41.9 Å². The van der Waals surface area contributed by atoms with Gasteiger partial charge in [0.15, 0.2) is 0 Å². The zero-order valence-electron chi connectivity index (χ0n) is 10.9. The van der Waals surface area contributed by atoms with Crippen molar-refractivity contribution in [1.82, 2.24) is 0 Å². The SMILES string of the molecule is CCC(C)C1C(C)CC(C)C1C(C)C. The first-order valence-corrected chi connectivity index (χ1v) is 6.49. The van der Waals surface area contributed by atoms with Gasteiger partial charge in [-0.25, -0.2) is 0 Å². The molecule has 0 bridgehead atoms. The Bertz CT molecular complexity index is 167. The molecular formula is C14H28. The van der Waals surface area contributed by atoms with Crippen molar-refractivity contribution in [2.75, 3.05) is 0 Å². The number of hydrogen-bond donors (Lipinski definition) is 0. The van der Waals surface area contributed by atoms with E-state index in [0.717, 1.165) is 35.5 Å². The van der Waals surface area contributed by atoms with Crippen LogP contribution in [0.1, 0.15) is 54.4 Å². The molecular weight excluding hydrogens is 168 g/mol. The second kappa shape index (κ2) is 4.68. The summed E-state index contributed by atoms with van der Waals surface area (Å²) >= 11 is 0. The van der Waals surface area contributed by atoms with Crippen LogP contribution >= 0.6 is 0 Å². The van der Waals surface area contributed by atoms with Crippen LogP contribution < -0.4 is 0 Å². The third-order valence-corrected chi connectivity index (χ3v) is 4.57. The molecule has 0 aromatic rings. The van der Waals surface area contributed by atoms with Gasteiger partial charge in [0.05, 0.1) is 0 Å². The molecule has 0 spiro atoms. The lowest BCUT2D eigenvalue weighted by atomic mass is 9.73. The van der Waals surface area contributed by atoms with Gasteiger partial charge in [-0.15, -0.1) is 0 Å². The van der Waals surface area contributed by atoms with E-state index in [1.807, 2.05) is 0 Å². The Morgan fingerprint density at radius 3 is 1.93 bits per heavy atom. The van der Waals surface area contributed by atoms with Crippen LogP contribution in [-0.2, 0) is 0 Å². The lowest BCUT2D eigenvalue weighted by molar-refractivity contribution is 0.162. The molecule has 0 heteroatoms. The summed E-state index contributed by atoms with van der Waals surface area (Å²) in [7, 11) is 0. The van der Waals surface area contributed by atoms with Crippen LogP contribution in [0.2, 0.25) is 0 Å². The minimum Gasteiger partial charge on any atom is -0.0651 e. The van der Waals surface area contributed by atoms with Gasteiger partial charge in [-0.3, -0.25) is 0 Å². The monoisotopic (exact) mass is 196 g/mol. The van der Waals surface area contributed by atoms with Gasteiger partial charge in [-0.1, -0.05) is 48.0 Å². The van der Waals surface area contributed by atoms with Crippen molar-refractivity contribution in [1.29, 1.82) is 0 Å². The molecule has 0 heterocycles. The molecule has 1 saturated carbocycles. The Morgan fingerprint density at radius 1 is 1.00 bits per heavy atom. The van der Waals surface area contributed by atoms with E-state index < -0.39 is 0 Å². The first-order chi connectivity index (χ1) is 6.49. The Balaban J connectivity index is 2.78. The Hall–Kier alpha value is 0. The lowest BCUT2D eigenvalue weighted by Gasteiger charge is -2.32. The van der Waals surface area contributed by atoms with Crippen molar-refractivity contribution in [3.8, 4) is 0 Å². The molecule has 5 atom stereocenters. The average Bonchev–Trinajstić information content (AvgIpc) is 2.39. The van der Waals surface area contributed by atoms with E-state index in [9.17, 15) is 0 Å². The summed E-state index contributed by atoms with van der Waals surface area (Å²) in [5, 5.41) is 0. The van der Waals surface area contributed by atoms with E-state index in [-0.39, 0.29) is 0 Å². The predicted molar refractivity (Wildman–Crippen MR) is 64.2 cm³/mol. The van der Waals surface area contributed by atoms with Gasteiger partial charge < -0.3 is 0 Å². The highest BCUT2D eigenvalue weighted by Crippen LogP contribution is 2.48. The highest BCUT2D eigenvalue weighted by molar-refractivity contribution is 4.90. The first kappa shape index (κ1) is 12.1. The minimum absolute atomic E-state index is 0.869. The minimum atomic E-state index is 0.869. The van der Waals surface area contributed by atoms with Crippen molar-refractivity contribution in [3.63, 3.8) is 0 Å². The topological polar surface area (TPSA) is 0 Å².